The van der Waals surface area contributed by atoms with Crippen LogP contribution in [0.4, 0.5) is 0 Å². The van der Waals surface area contributed by atoms with Crippen molar-refractivity contribution < 1.29 is 42.9 Å². The largest absolute Gasteiger partial charge is 0.545 e. The zero-order valence-corrected chi connectivity index (χ0v) is 40.7. The van der Waals surface area contributed by atoms with E-state index in [4.69, 9.17) is 18.9 Å². The van der Waals surface area contributed by atoms with Crippen LogP contribution in [0, 0.1) is 0 Å². The predicted molar refractivity (Wildman–Crippen MR) is 260 cm³/mol. The molecule has 0 aromatic rings. The third-order valence-corrected chi connectivity index (χ3v) is 10.1. The summed E-state index contributed by atoms with van der Waals surface area (Å²) in [6.45, 7) is 4.46. The number of esters is 2. The highest BCUT2D eigenvalue weighted by molar-refractivity contribution is 5.70. The maximum atomic E-state index is 12.8. The topological polar surface area (TPSA) is 111 Å². The number of unbranched alkanes of at least 4 members (excludes halogenated alkanes) is 15. The molecule has 0 rings (SSSR count). The number of allylic oxidation sites excluding steroid dienone is 14. The standard InChI is InChI=1S/C54H91NO8/c1-6-8-10-12-14-16-18-20-21-22-23-24-25-26-27-28-29-30-31-33-35-37-39-41-43-45-52(57)63-50(49-62-54(53(58)59)60-47-46-55(3,4)5)48-61-51(56)44-42-40-38-36-34-32-19-17-15-13-11-9-7-2/h8-11,14-17,20-21,23-24,32,34,50,54H,6-7,12-13,18-19,22,25-31,33,35-49H2,1-5H3/b10-8-,11-9-,16-14-,17-15-,21-20-,24-23-,34-32-. The molecule has 0 N–H and O–H groups in total. The van der Waals surface area contributed by atoms with Gasteiger partial charge in [-0.05, 0) is 83.5 Å². The van der Waals surface area contributed by atoms with E-state index >= 15 is 0 Å². The van der Waals surface area contributed by atoms with Crippen molar-refractivity contribution >= 4 is 17.9 Å². The van der Waals surface area contributed by atoms with Crippen LogP contribution in [0.3, 0.4) is 0 Å². The Hall–Kier alpha value is -3.53. The molecular formula is C54H91NO8. The third kappa shape index (κ3) is 46.3. The van der Waals surface area contributed by atoms with Crippen LogP contribution in [0.2, 0.25) is 0 Å². The average molecular weight is 882 g/mol. The fourth-order valence-electron chi connectivity index (χ4n) is 6.36. The molecule has 9 heteroatoms. The Balaban J connectivity index is 4.32. The number of quaternary nitrogens is 1. The van der Waals surface area contributed by atoms with E-state index in [2.05, 4.69) is 98.9 Å². The lowest BCUT2D eigenvalue weighted by Crippen LogP contribution is -2.44. The first-order valence-corrected chi connectivity index (χ1v) is 24.7. The van der Waals surface area contributed by atoms with E-state index in [9.17, 15) is 19.5 Å². The number of carboxylic acids is 1. The fraction of sp³-hybridized carbons (Fsp3) is 0.685. The summed E-state index contributed by atoms with van der Waals surface area (Å²) >= 11 is 0. The van der Waals surface area contributed by atoms with E-state index in [1.54, 1.807) is 0 Å². The summed E-state index contributed by atoms with van der Waals surface area (Å²) in [4.78, 5) is 37.1. The molecular weight excluding hydrogens is 791 g/mol. The van der Waals surface area contributed by atoms with Crippen molar-refractivity contribution in [3.05, 3.63) is 85.1 Å². The Morgan fingerprint density at radius 1 is 0.476 bits per heavy atom. The molecule has 0 aliphatic heterocycles. The molecule has 63 heavy (non-hydrogen) atoms. The summed E-state index contributed by atoms with van der Waals surface area (Å²) in [7, 11) is 5.89. The van der Waals surface area contributed by atoms with E-state index in [0.29, 0.717) is 23.9 Å². The molecule has 9 nitrogen and oxygen atoms in total. The summed E-state index contributed by atoms with van der Waals surface area (Å²) in [5, 5.41) is 11.7. The van der Waals surface area contributed by atoms with Gasteiger partial charge >= 0.3 is 11.9 Å². The second kappa shape index (κ2) is 45.1. The lowest BCUT2D eigenvalue weighted by Gasteiger charge is -2.26. The van der Waals surface area contributed by atoms with E-state index in [0.717, 1.165) is 83.5 Å². The minimum Gasteiger partial charge on any atom is -0.545 e. The number of ether oxygens (including phenoxy) is 4. The molecule has 0 spiro atoms. The number of hydrogen-bond acceptors (Lipinski definition) is 8. The van der Waals surface area contributed by atoms with Crippen LogP contribution < -0.4 is 5.11 Å². The molecule has 0 bridgehead atoms. The molecule has 0 aromatic heterocycles. The van der Waals surface area contributed by atoms with Gasteiger partial charge in [0.05, 0.1) is 40.3 Å². The summed E-state index contributed by atoms with van der Waals surface area (Å²) in [6.07, 6.45) is 54.8. The highest BCUT2D eigenvalue weighted by Gasteiger charge is 2.21. The average Bonchev–Trinajstić information content (AvgIpc) is 3.24. The zero-order valence-electron chi connectivity index (χ0n) is 40.7. The van der Waals surface area contributed by atoms with Gasteiger partial charge in [-0.15, -0.1) is 0 Å². The van der Waals surface area contributed by atoms with Crippen LogP contribution in [0.25, 0.3) is 0 Å². The van der Waals surface area contributed by atoms with Gasteiger partial charge in [0.25, 0.3) is 0 Å². The van der Waals surface area contributed by atoms with Crippen LogP contribution in [-0.2, 0) is 33.3 Å². The van der Waals surface area contributed by atoms with Gasteiger partial charge in [-0.2, -0.15) is 0 Å². The van der Waals surface area contributed by atoms with Gasteiger partial charge in [0.15, 0.2) is 12.4 Å². The second-order valence-corrected chi connectivity index (χ2v) is 17.3. The normalized spacial score (nSPS) is 13.6. The maximum Gasteiger partial charge on any atom is 0.306 e. The maximum absolute atomic E-state index is 12.8. The van der Waals surface area contributed by atoms with E-state index in [1.165, 1.54) is 57.8 Å². The van der Waals surface area contributed by atoms with Crippen molar-refractivity contribution in [1.82, 2.24) is 0 Å². The molecule has 0 aliphatic carbocycles. The molecule has 0 aromatic carbocycles. The highest BCUT2D eigenvalue weighted by Crippen LogP contribution is 2.14. The number of rotatable bonds is 44. The van der Waals surface area contributed by atoms with Crippen molar-refractivity contribution in [2.45, 2.75) is 193 Å². The molecule has 2 atom stereocenters. The summed E-state index contributed by atoms with van der Waals surface area (Å²) in [6, 6.07) is 0. The van der Waals surface area contributed by atoms with E-state index < -0.39 is 30.3 Å². The summed E-state index contributed by atoms with van der Waals surface area (Å²) < 4.78 is 22.5. The van der Waals surface area contributed by atoms with Crippen LogP contribution in [0.5, 0.6) is 0 Å². The molecule has 2 unspecified atom stereocenters. The number of aliphatic carboxylic acids is 1. The molecule has 0 amide bonds. The van der Waals surface area contributed by atoms with Crippen LogP contribution in [0.15, 0.2) is 85.1 Å². The van der Waals surface area contributed by atoms with Crippen molar-refractivity contribution in [1.29, 1.82) is 0 Å². The third-order valence-electron chi connectivity index (χ3n) is 10.1. The predicted octanol–water partition coefficient (Wildman–Crippen LogP) is 12.3. The lowest BCUT2D eigenvalue weighted by molar-refractivity contribution is -0.870. The van der Waals surface area contributed by atoms with Gasteiger partial charge in [0, 0.05) is 12.8 Å². The minimum absolute atomic E-state index is 0.138. The van der Waals surface area contributed by atoms with Crippen LogP contribution >= 0.6 is 0 Å². The van der Waals surface area contributed by atoms with E-state index in [-0.39, 0.29) is 32.7 Å². The number of carboxylic acid groups (broad SMARTS) is 1. The number of likely N-dealkylation sites (N-methyl/N-ethyl adjacent to an activating group) is 1. The molecule has 360 valence electrons. The zero-order chi connectivity index (χ0) is 46.3. The van der Waals surface area contributed by atoms with Crippen molar-refractivity contribution in [2.24, 2.45) is 0 Å². The first kappa shape index (κ1) is 59.5. The lowest BCUT2D eigenvalue weighted by atomic mass is 10.0. The van der Waals surface area contributed by atoms with Gasteiger partial charge in [-0.25, -0.2) is 0 Å². The van der Waals surface area contributed by atoms with Gasteiger partial charge in [0.1, 0.15) is 13.2 Å². The van der Waals surface area contributed by atoms with Crippen LogP contribution in [-0.4, -0.2) is 82.3 Å². The number of hydrogen-bond donors (Lipinski definition) is 0. The Morgan fingerprint density at radius 2 is 0.857 bits per heavy atom. The molecule has 0 saturated carbocycles. The van der Waals surface area contributed by atoms with Crippen molar-refractivity contribution in [3.63, 3.8) is 0 Å². The van der Waals surface area contributed by atoms with Gasteiger partial charge in [-0.1, -0.05) is 170 Å². The SMILES string of the molecule is CC/C=C\C/C=C\C/C=C\C/C=C\CCCCCCCCCCCCCCC(=O)OC(COC(=O)CCCCC/C=C\C/C=C\C/C=C\CC)COC(OCC[N+](C)(C)C)C(=O)[O-]. The van der Waals surface area contributed by atoms with Gasteiger partial charge < -0.3 is 33.3 Å². The fourth-order valence-corrected chi connectivity index (χ4v) is 6.36. The van der Waals surface area contributed by atoms with Crippen LogP contribution in [0.1, 0.15) is 181 Å². The number of carbonyl (C=O) groups is 3. The molecule has 0 heterocycles. The van der Waals surface area contributed by atoms with Gasteiger partial charge in [0.2, 0.25) is 0 Å². The summed E-state index contributed by atoms with van der Waals surface area (Å²) in [5.41, 5.74) is 0. The first-order chi connectivity index (χ1) is 30.6. The molecule has 0 fully saturated rings. The number of nitrogens with zero attached hydrogens (tertiary/aromatic N) is 1. The van der Waals surface area contributed by atoms with E-state index in [1.807, 2.05) is 21.1 Å². The smallest absolute Gasteiger partial charge is 0.306 e. The van der Waals surface area contributed by atoms with Crippen molar-refractivity contribution in [3.8, 4) is 0 Å². The highest BCUT2D eigenvalue weighted by atomic mass is 16.7. The summed E-state index contributed by atoms with van der Waals surface area (Å²) in [5.74, 6) is -2.34. The quantitative estimate of drug-likeness (QED) is 0.0196. The monoisotopic (exact) mass is 882 g/mol. The van der Waals surface area contributed by atoms with Crippen molar-refractivity contribution in [2.75, 3.05) is 47.5 Å². The number of carbonyl (C=O) groups excluding carboxylic acids is 3. The first-order valence-electron chi connectivity index (χ1n) is 24.7. The Kier molecular flexibility index (Phi) is 42.5. The minimum atomic E-state index is -1.63. The molecule has 0 radical (unpaired) electrons. The Bertz CT molecular complexity index is 1300. The molecule has 0 saturated heterocycles. The Morgan fingerprint density at radius 3 is 1.29 bits per heavy atom. The van der Waals surface area contributed by atoms with Gasteiger partial charge in [-0.3, -0.25) is 9.59 Å². The Labute approximate surface area is 385 Å². The molecule has 0 aliphatic rings. The second-order valence-electron chi connectivity index (χ2n) is 17.3.